The summed E-state index contributed by atoms with van der Waals surface area (Å²) >= 11 is 7.40. The van der Waals surface area contributed by atoms with Gasteiger partial charge in [-0.15, -0.1) is 11.8 Å². The van der Waals surface area contributed by atoms with Crippen molar-refractivity contribution in [1.82, 2.24) is 5.32 Å². The molecule has 0 atom stereocenters. The van der Waals surface area contributed by atoms with Gasteiger partial charge in [-0.3, -0.25) is 9.59 Å². The Morgan fingerprint density at radius 2 is 2.00 bits per heavy atom. The van der Waals surface area contributed by atoms with E-state index in [2.05, 4.69) is 5.32 Å². The number of thioether (sulfide) groups is 1. The third kappa shape index (κ3) is 6.11. The van der Waals surface area contributed by atoms with Crippen LogP contribution in [0.25, 0.3) is 0 Å². The number of ketones is 1. The summed E-state index contributed by atoms with van der Waals surface area (Å²) < 4.78 is 5.32. The summed E-state index contributed by atoms with van der Waals surface area (Å²) in [5, 5.41) is 3.52. The van der Waals surface area contributed by atoms with Gasteiger partial charge in [0.25, 0.3) is 0 Å². The van der Waals surface area contributed by atoms with Gasteiger partial charge in [-0.1, -0.05) is 23.7 Å². The lowest BCUT2D eigenvalue weighted by Gasteiger charge is -2.10. The zero-order valence-corrected chi connectivity index (χ0v) is 15.7. The SMILES string of the molecule is COc1ccc(C(C)=O)cc1CSCC(=O)NCc1cccc(Cl)c1. The first-order valence-corrected chi connectivity index (χ1v) is 9.29. The number of carbonyl (C=O) groups is 2. The number of hydrogen-bond donors (Lipinski definition) is 1. The lowest BCUT2D eigenvalue weighted by molar-refractivity contribution is -0.118. The first-order valence-electron chi connectivity index (χ1n) is 7.76. The number of methoxy groups -OCH3 is 1. The molecule has 0 radical (unpaired) electrons. The molecule has 0 aliphatic heterocycles. The monoisotopic (exact) mass is 377 g/mol. The molecule has 0 saturated heterocycles. The molecule has 0 aromatic heterocycles. The molecule has 0 aliphatic rings. The molecule has 2 aromatic carbocycles. The zero-order valence-electron chi connectivity index (χ0n) is 14.2. The number of benzene rings is 2. The lowest BCUT2D eigenvalue weighted by Crippen LogP contribution is -2.24. The van der Waals surface area contributed by atoms with Crippen LogP contribution in [0.4, 0.5) is 0 Å². The summed E-state index contributed by atoms with van der Waals surface area (Å²) in [4.78, 5) is 23.5. The van der Waals surface area contributed by atoms with E-state index in [9.17, 15) is 9.59 Å². The van der Waals surface area contributed by atoms with Crippen molar-refractivity contribution in [1.29, 1.82) is 0 Å². The van der Waals surface area contributed by atoms with Gasteiger partial charge in [0.2, 0.25) is 5.91 Å². The second-order valence-corrected chi connectivity index (χ2v) is 6.90. The molecule has 2 rings (SSSR count). The molecular weight excluding hydrogens is 358 g/mol. The molecular formula is C19H20ClNO3S. The van der Waals surface area contributed by atoms with E-state index in [1.807, 2.05) is 24.3 Å². The molecule has 6 heteroatoms. The second-order valence-electron chi connectivity index (χ2n) is 5.48. The predicted molar refractivity (Wildman–Crippen MR) is 102 cm³/mol. The summed E-state index contributed by atoms with van der Waals surface area (Å²) in [6.07, 6.45) is 0. The van der Waals surface area contributed by atoms with Crippen LogP contribution in [0.1, 0.15) is 28.4 Å². The Morgan fingerprint density at radius 3 is 2.68 bits per heavy atom. The van der Waals surface area contributed by atoms with Gasteiger partial charge in [0.15, 0.2) is 5.78 Å². The van der Waals surface area contributed by atoms with Crippen LogP contribution in [0.5, 0.6) is 5.75 Å². The Kier molecular flexibility index (Phi) is 7.34. The molecule has 132 valence electrons. The summed E-state index contributed by atoms with van der Waals surface area (Å²) in [5.41, 5.74) is 2.51. The molecule has 2 aromatic rings. The Labute approximate surface area is 156 Å². The molecule has 0 heterocycles. The average Bonchev–Trinajstić information content (AvgIpc) is 2.60. The van der Waals surface area contributed by atoms with Crippen molar-refractivity contribution in [2.75, 3.05) is 12.9 Å². The molecule has 0 fully saturated rings. The van der Waals surface area contributed by atoms with Gasteiger partial charge >= 0.3 is 0 Å². The third-order valence-corrected chi connectivity index (χ3v) is 4.77. The van der Waals surface area contributed by atoms with Crippen molar-refractivity contribution in [3.8, 4) is 5.75 Å². The number of ether oxygens (including phenoxy) is 1. The standard InChI is InChI=1S/C19H20ClNO3S/c1-13(22)15-6-7-18(24-2)16(9-15)11-25-12-19(23)21-10-14-4-3-5-17(20)8-14/h3-9H,10-12H2,1-2H3,(H,21,23). The van der Waals surface area contributed by atoms with Gasteiger partial charge in [0.05, 0.1) is 12.9 Å². The maximum absolute atomic E-state index is 12.0. The Morgan fingerprint density at radius 1 is 1.20 bits per heavy atom. The fraction of sp³-hybridized carbons (Fsp3) is 0.263. The normalized spacial score (nSPS) is 10.4. The van der Waals surface area contributed by atoms with E-state index >= 15 is 0 Å². The minimum Gasteiger partial charge on any atom is -0.496 e. The second kappa shape index (κ2) is 9.49. The van der Waals surface area contributed by atoms with Crippen LogP contribution >= 0.6 is 23.4 Å². The van der Waals surface area contributed by atoms with Crippen molar-refractivity contribution in [3.63, 3.8) is 0 Å². The number of halogens is 1. The van der Waals surface area contributed by atoms with Gasteiger partial charge in [0, 0.05) is 28.4 Å². The molecule has 0 saturated carbocycles. The average molecular weight is 378 g/mol. The first kappa shape index (κ1) is 19.3. The van der Waals surface area contributed by atoms with Crippen molar-refractivity contribution in [2.45, 2.75) is 19.2 Å². The highest BCUT2D eigenvalue weighted by molar-refractivity contribution is 7.99. The predicted octanol–water partition coefficient (Wildman–Crippen LogP) is 4.10. The maximum Gasteiger partial charge on any atom is 0.230 e. The first-order chi connectivity index (χ1) is 12.0. The largest absolute Gasteiger partial charge is 0.496 e. The summed E-state index contributed by atoms with van der Waals surface area (Å²) in [7, 11) is 1.59. The maximum atomic E-state index is 12.0. The fourth-order valence-corrected chi connectivity index (χ4v) is 3.31. The molecule has 0 aliphatic carbocycles. The third-order valence-electron chi connectivity index (χ3n) is 3.56. The van der Waals surface area contributed by atoms with Crippen molar-refractivity contribution in [2.24, 2.45) is 0 Å². The van der Waals surface area contributed by atoms with Gasteiger partial charge in [-0.2, -0.15) is 0 Å². The van der Waals surface area contributed by atoms with Crippen LogP contribution in [0.3, 0.4) is 0 Å². The highest BCUT2D eigenvalue weighted by Crippen LogP contribution is 2.24. The topological polar surface area (TPSA) is 55.4 Å². The van der Waals surface area contributed by atoms with Crippen molar-refractivity contribution < 1.29 is 14.3 Å². The van der Waals surface area contributed by atoms with Gasteiger partial charge < -0.3 is 10.1 Å². The van der Waals surface area contributed by atoms with E-state index in [0.29, 0.717) is 28.6 Å². The van der Waals surface area contributed by atoms with E-state index in [0.717, 1.165) is 16.9 Å². The molecule has 0 spiro atoms. The number of Topliss-reactive ketones (excluding diaryl/α,β-unsaturated/α-hetero) is 1. The number of rotatable bonds is 8. The highest BCUT2D eigenvalue weighted by Gasteiger charge is 2.09. The Bertz CT molecular complexity index is 764. The highest BCUT2D eigenvalue weighted by atomic mass is 35.5. The van der Waals surface area contributed by atoms with Gasteiger partial charge in [-0.05, 0) is 42.8 Å². The summed E-state index contributed by atoms with van der Waals surface area (Å²) in [6, 6.07) is 12.7. The molecule has 4 nitrogen and oxygen atoms in total. The van der Waals surface area contributed by atoms with E-state index < -0.39 is 0 Å². The van der Waals surface area contributed by atoms with E-state index in [-0.39, 0.29) is 11.7 Å². The Balaban J connectivity index is 1.84. The molecule has 25 heavy (non-hydrogen) atoms. The van der Waals surface area contributed by atoms with Crippen LogP contribution in [0.2, 0.25) is 5.02 Å². The molecule has 1 N–H and O–H groups in total. The molecule has 0 unspecified atom stereocenters. The van der Waals surface area contributed by atoms with Gasteiger partial charge in [-0.25, -0.2) is 0 Å². The lowest BCUT2D eigenvalue weighted by atomic mass is 10.1. The van der Waals surface area contributed by atoms with Crippen LogP contribution in [0.15, 0.2) is 42.5 Å². The number of carbonyl (C=O) groups excluding carboxylic acids is 2. The van der Waals surface area contributed by atoms with E-state index in [1.54, 1.807) is 25.3 Å². The van der Waals surface area contributed by atoms with E-state index in [1.165, 1.54) is 18.7 Å². The Hall–Kier alpha value is -1.98. The van der Waals surface area contributed by atoms with Crippen molar-refractivity contribution in [3.05, 3.63) is 64.2 Å². The van der Waals surface area contributed by atoms with Crippen LogP contribution in [0, 0.1) is 0 Å². The van der Waals surface area contributed by atoms with Crippen LogP contribution < -0.4 is 10.1 Å². The summed E-state index contributed by atoms with van der Waals surface area (Å²) in [6.45, 7) is 1.98. The smallest absolute Gasteiger partial charge is 0.230 e. The van der Waals surface area contributed by atoms with E-state index in [4.69, 9.17) is 16.3 Å². The fourth-order valence-electron chi connectivity index (χ4n) is 2.26. The molecule has 0 bridgehead atoms. The number of amides is 1. The quantitative estimate of drug-likeness (QED) is 0.703. The molecule has 1 amide bonds. The van der Waals surface area contributed by atoms with Gasteiger partial charge in [0.1, 0.15) is 5.75 Å². The minimum atomic E-state index is -0.0494. The van der Waals surface area contributed by atoms with Crippen LogP contribution in [-0.2, 0) is 17.1 Å². The number of hydrogen-bond acceptors (Lipinski definition) is 4. The minimum absolute atomic E-state index is 0.00756. The van der Waals surface area contributed by atoms with Crippen LogP contribution in [-0.4, -0.2) is 24.6 Å². The number of nitrogens with one attached hydrogen (secondary N) is 1. The zero-order chi connectivity index (χ0) is 18.2. The van der Waals surface area contributed by atoms with Crippen molar-refractivity contribution >= 4 is 35.1 Å². The summed E-state index contributed by atoms with van der Waals surface area (Å²) in [5.74, 6) is 1.60.